The van der Waals surface area contributed by atoms with E-state index < -0.39 is 10.0 Å². The Bertz CT molecular complexity index is 1240. The lowest BCUT2D eigenvalue weighted by molar-refractivity contribution is 0.0950. The Kier molecular flexibility index (Phi) is 5.48. The molecule has 168 valence electrons. The number of rotatable bonds is 5. The van der Waals surface area contributed by atoms with E-state index in [1.54, 1.807) is 63.7 Å². The number of pyridine rings is 1. The fraction of sp³-hybridized carbons (Fsp3) is 0.391. The molecule has 4 heterocycles. The highest BCUT2D eigenvalue weighted by Crippen LogP contribution is 2.33. The Hall–Kier alpha value is -2.75. The highest BCUT2D eigenvalue weighted by molar-refractivity contribution is 7.89. The first kappa shape index (κ1) is 21.1. The zero-order valence-corrected chi connectivity index (χ0v) is 18.8. The molecular weight excluding hydrogens is 426 g/mol. The maximum absolute atomic E-state index is 13.3. The van der Waals surface area contributed by atoms with Crippen LogP contribution in [0.4, 0.5) is 0 Å². The van der Waals surface area contributed by atoms with Gasteiger partial charge in [0.1, 0.15) is 5.65 Å². The summed E-state index contributed by atoms with van der Waals surface area (Å²) in [7, 11) is -1.41. The fourth-order valence-electron chi connectivity index (χ4n) is 4.82. The van der Waals surface area contributed by atoms with Crippen LogP contribution in [-0.4, -0.2) is 65.6 Å². The topological polar surface area (TPSA) is 87.0 Å². The van der Waals surface area contributed by atoms with Crippen molar-refractivity contribution >= 4 is 21.6 Å². The summed E-state index contributed by atoms with van der Waals surface area (Å²) < 4.78 is 30.0. The minimum absolute atomic E-state index is 0.0850. The Morgan fingerprint density at radius 1 is 1.16 bits per heavy atom. The lowest BCUT2D eigenvalue weighted by atomic mass is 10.1. The molecule has 0 saturated carbocycles. The molecule has 2 aliphatic heterocycles. The number of sulfonamides is 1. The van der Waals surface area contributed by atoms with Gasteiger partial charge in [-0.2, -0.15) is 4.31 Å². The number of amides is 1. The number of imidazole rings is 1. The van der Waals surface area contributed by atoms with E-state index in [-0.39, 0.29) is 11.9 Å². The van der Waals surface area contributed by atoms with Crippen LogP contribution in [0.25, 0.3) is 5.65 Å². The Labute approximate surface area is 187 Å². The Balaban J connectivity index is 1.24. The van der Waals surface area contributed by atoms with E-state index in [0.717, 1.165) is 37.1 Å². The van der Waals surface area contributed by atoms with Gasteiger partial charge in [0.25, 0.3) is 5.91 Å². The molecule has 2 unspecified atom stereocenters. The van der Waals surface area contributed by atoms with Crippen LogP contribution in [0.1, 0.15) is 28.8 Å². The SMILES string of the molecule is CN1CCC2CC(C1)CN2S(=O)(=O)c1ccc(CNC(=O)c2ccc3nccn3c2)cc1. The highest BCUT2D eigenvalue weighted by Gasteiger charge is 2.41. The molecule has 0 aliphatic carbocycles. The minimum Gasteiger partial charge on any atom is -0.348 e. The molecule has 2 fully saturated rings. The van der Waals surface area contributed by atoms with Crippen LogP contribution in [0.5, 0.6) is 0 Å². The van der Waals surface area contributed by atoms with E-state index >= 15 is 0 Å². The summed E-state index contributed by atoms with van der Waals surface area (Å²) in [6.07, 6.45) is 7.03. The summed E-state index contributed by atoms with van der Waals surface area (Å²) in [5.74, 6) is 0.209. The van der Waals surface area contributed by atoms with Crippen molar-refractivity contribution in [3.05, 3.63) is 66.1 Å². The van der Waals surface area contributed by atoms with Gasteiger partial charge >= 0.3 is 0 Å². The van der Waals surface area contributed by atoms with Crippen LogP contribution in [-0.2, 0) is 16.6 Å². The Morgan fingerprint density at radius 2 is 1.97 bits per heavy atom. The number of aromatic nitrogens is 2. The molecule has 2 aromatic heterocycles. The quantitative estimate of drug-likeness (QED) is 0.638. The summed E-state index contributed by atoms with van der Waals surface area (Å²) in [5, 5.41) is 2.89. The first-order chi connectivity index (χ1) is 15.4. The van der Waals surface area contributed by atoms with Gasteiger partial charge in [-0.15, -0.1) is 0 Å². The molecular formula is C23H27N5O3S. The largest absolute Gasteiger partial charge is 0.348 e. The molecule has 2 bridgehead atoms. The molecule has 8 nitrogen and oxygen atoms in total. The molecule has 1 amide bonds. The molecule has 9 heteroatoms. The number of nitrogens with zero attached hydrogens (tertiary/aromatic N) is 4. The van der Waals surface area contributed by atoms with Crippen molar-refractivity contribution < 1.29 is 13.2 Å². The third-order valence-electron chi connectivity index (χ3n) is 6.50. The van der Waals surface area contributed by atoms with Gasteiger partial charge in [-0.25, -0.2) is 13.4 Å². The number of carbonyl (C=O) groups excluding carboxylic acids is 1. The standard InChI is InChI=1S/C23H27N5O3S/c1-26-10-8-20-12-18(14-26)15-28(20)32(30,31)21-5-2-17(3-6-21)13-25-23(29)19-4-7-22-24-9-11-27(22)16-19/h2-7,9,11,16,18,20H,8,10,12-15H2,1H3,(H,25,29). The van der Waals surface area contributed by atoms with Crippen LogP contribution in [0.3, 0.4) is 0 Å². The van der Waals surface area contributed by atoms with E-state index in [2.05, 4.69) is 22.2 Å². The number of likely N-dealkylation sites (tertiary alicyclic amines) is 1. The van der Waals surface area contributed by atoms with E-state index in [1.807, 2.05) is 0 Å². The van der Waals surface area contributed by atoms with Crippen molar-refractivity contribution in [3.63, 3.8) is 0 Å². The zero-order chi connectivity index (χ0) is 22.3. The summed E-state index contributed by atoms with van der Waals surface area (Å²) in [4.78, 5) is 19.3. The van der Waals surface area contributed by atoms with Crippen molar-refractivity contribution in [3.8, 4) is 0 Å². The number of hydrogen-bond donors (Lipinski definition) is 1. The van der Waals surface area contributed by atoms with Gasteiger partial charge in [0.2, 0.25) is 10.0 Å². The van der Waals surface area contributed by atoms with Gasteiger partial charge in [0.05, 0.1) is 10.5 Å². The van der Waals surface area contributed by atoms with Crippen LogP contribution < -0.4 is 5.32 Å². The van der Waals surface area contributed by atoms with Crippen molar-refractivity contribution in [1.29, 1.82) is 0 Å². The summed E-state index contributed by atoms with van der Waals surface area (Å²) in [6, 6.07) is 10.5. The van der Waals surface area contributed by atoms with Crippen LogP contribution in [0, 0.1) is 5.92 Å². The lowest BCUT2D eigenvalue weighted by Gasteiger charge is -2.27. The second-order valence-electron chi connectivity index (χ2n) is 8.82. The lowest BCUT2D eigenvalue weighted by Crippen LogP contribution is -2.40. The average molecular weight is 454 g/mol. The fourth-order valence-corrected chi connectivity index (χ4v) is 6.57. The van der Waals surface area contributed by atoms with E-state index in [4.69, 9.17) is 0 Å². The van der Waals surface area contributed by atoms with E-state index in [9.17, 15) is 13.2 Å². The van der Waals surface area contributed by atoms with Gasteiger partial charge in [-0.05, 0) is 62.2 Å². The van der Waals surface area contributed by atoms with Gasteiger partial charge in [0, 0.05) is 44.3 Å². The summed E-state index contributed by atoms with van der Waals surface area (Å²) in [6.45, 7) is 2.80. The third kappa shape index (κ3) is 4.03. The molecule has 3 aromatic rings. The number of carbonyl (C=O) groups is 1. The molecule has 0 spiro atoms. The van der Waals surface area contributed by atoms with Gasteiger partial charge in [0.15, 0.2) is 0 Å². The number of nitrogens with one attached hydrogen (secondary N) is 1. The Morgan fingerprint density at radius 3 is 2.78 bits per heavy atom. The van der Waals surface area contributed by atoms with Crippen LogP contribution in [0.2, 0.25) is 0 Å². The molecule has 0 radical (unpaired) electrons. The maximum Gasteiger partial charge on any atom is 0.253 e. The first-order valence-electron chi connectivity index (χ1n) is 10.9. The first-order valence-corrected chi connectivity index (χ1v) is 12.3. The summed E-state index contributed by atoms with van der Waals surface area (Å²) in [5.41, 5.74) is 2.17. The molecule has 2 atom stereocenters. The smallest absolute Gasteiger partial charge is 0.253 e. The highest BCUT2D eigenvalue weighted by atomic mass is 32.2. The van der Waals surface area contributed by atoms with Gasteiger partial charge in [-0.1, -0.05) is 12.1 Å². The van der Waals surface area contributed by atoms with Crippen molar-refractivity contribution in [2.24, 2.45) is 5.92 Å². The van der Waals surface area contributed by atoms with Crippen molar-refractivity contribution in [2.45, 2.75) is 30.3 Å². The summed E-state index contributed by atoms with van der Waals surface area (Å²) >= 11 is 0. The second kappa shape index (κ2) is 8.31. The van der Waals surface area contributed by atoms with E-state index in [0.29, 0.717) is 29.5 Å². The minimum atomic E-state index is -3.51. The van der Waals surface area contributed by atoms with Gasteiger partial charge in [-0.3, -0.25) is 4.79 Å². The molecule has 2 saturated heterocycles. The average Bonchev–Trinajstić information content (AvgIpc) is 3.37. The van der Waals surface area contributed by atoms with Crippen LogP contribution >= 0.6 is 0 Å². The van der Waals surface area contributed by atoms with Crippen molar-refractivity contribution in [1.82, 2.24) is 23.9 Å². The monoisotopic (exact) mass is 453 g/mol. The molecule has 1 N–H and O–H groups in total. The number of hydrogen-bond acceptors (Lipinski definition) is 5. The molecule has 32 heavy (non-hydrogen) atoms. The molecule has 1 aromatic carbocycles. The third-order valence-corrected chi connectivity index (χ3v) is 8.43. The van der Waals surface area contributed by atoms with E-state index in [1.165, 1.54) is 0 Å². The predicted octanol–water partition coefficient (Wildman–Crippen LogP) is 1.98. The normalized spacial score (nSPS) is 22.2. The second-order valence-corrected chi connectivity index (χ2v) is 10.7. The molecule has 5 rings (SSSR count). The van der Waals surface area contributed by atoms with Crippen molar-refractivity contribution in [2.75, 3.05) is 26.7 Å². The molecule has 2 aliphatic rings. The number of benzene rings is 1. The number of fused-ring (bicyclic) bond motifs is 3. The van der Waals surface area contributed by atoms with Crippen LogP contribution in [0.15, 0.2) is 59.9 Å². The van der Waals surface area contributed by atoms with Gasteiger partial charge < -0.3 is 14.6 Å². The zero-order valence-electron chi connectivity index (χ0n) is 18.0. The maximum atomic E-state index is 13.3. The predicted molar refractivity (Wildman–Crippen MR) is 121 cm³/mol.